The second kappa shape index (κ2) is 10.5. The zero-order valence-corrected chi connectivity index (χ0v) is 21.4. The van der Waals surface area contributed by atoms with Gasteiger partial charge in [-0.1, -0.05) is 41.4 Å². The van der Waals surface area contributed by atoms with Gasteiger partial charge in [-0.3, -0.25) is 9.69 Å². The van der Waals surface area contributed by atoms with Crippen molar-refractivity contribution in [2.75, 3.05) is 50.8 Å². The number of amides is 1. The highest BCUT2D eigenvalue weighted by Gasteiger charge is 2.32. The van der Waals surface area contributed by atoms with Crippen molar-refractivity contribution in [2.45, 2.75) is 19.5 Å². The lowest BCUT2D eigenvalue weighted by Crippen LogP contribution is -2.52. The fraction of sp³-hybridized carbons (Fsp3) is 0.370. The van der Waals surface area contributed by atoms with Crippen LogP contribution in [0.25, 0.3) is 0 Å². The first kappa shape index (κ1) is 24.0. The van der Waals surface area contributed by atoms with E-state index in [0.717, 1.165) is 43.2 Å². The Morgan fingerprint density at radius 3 is 2.51 bits per heavy atom. The molecule has 1 aromatic heterocycles. The van der Waals surface area contributed by atoms with Gasteiger partial charge in [0.15, 0.2) is 0 Å². The van der Waals surface area contributed by atoms with E-state index in [1.165, 1.54) is 5.69 Å². The lowest BCUT2D eigenvalue weighted by Gasteiger charge is -2.40. The number of piperazine rings is 1. The van der Waals surface area contributed by atoms with Gasteiger partial charge < -0.3 is 19.1 Å². The molecule has 3 heterocycles. The molecule has 8 heteroatoms. The topological polar surface area (TPSA) is 41.0 Å². The van der Waals surface area contributed by atoms with E-state index in [2.05, 4.69) is 38.8 Å². The number of rotatable bonds is 6. The van der Waals surface area contributed by atoms with Crippen LogP contribution in [0.15, 0.2) is 60.8 Å². The third-order valence-electron chi connectivity index (χ3n) is 6.87. The Hall–Kier alpha value is -2.67. The number of anilines is 1. The molecule has 6 nitrogen and oxygen atoms in total. The third kappa shape index (κ3) is 5.01. The van der Waals surface area contributed by atoms with Gasteiger partial charge in [-0.2, -0.15) is 0 Å². The summed E-state index contributed by atoms with van der Waals surface area (Å²) in [6.07, 6.45) is 2.10. The molecule has 0 radical (unpaired) electrons. The SMILES string of the molecule is CCOc1ccccc1N1CCN(C(=O)CN2CCn3cccc3C2c2ccc(Cl)c(Cl)c2)CC1. The fourth-order valence-corrected chi connectivity index (χ4v) is 5.44. The molecule has 2 aliphatic rings. The lowest BCUT2D eigenvalue weighted by molar-refractivity contribution is -0.133. The van der Waals surface area contributed by atoms with Crippen LogP contribution in [0.4, 0.5) is 5.69 Å². The van der Waals surface area contributed by atoms with Crippen LogP contribution in [0.1, 0.15) is 24.2 Å². The largest absolute Gasteiger partial charge is 0.492 e. The predicted molar refractivity (Wildman–Crippen MR) is 141 cm³/mol. The maximum atomic E-state index is 13.4. The highest BCUT2D eigenvalue weighted by Crippen LogP contribution is 2.35. The summed E-state index contributed by atoms with van der Waals surface area (Å²) in [5, 5.41) is 1.07. The number of hydrogen-bond acceptors (Lipinski definition) is 4. The molecule has 0 saturated carbocycles. The molecule has 35 heavy (non-hydrogen) atoms. The Morgan fingerprint density at radius 2 is 1.74 bits per heavy atom. The second-order valence-corrected chi connectivity index (χ2v) is 9.76. The van der Waals surface area contributed by atoms with E-state index >= 15 is 0 Å². The molecule has 0 bridgehead atoms. The quantitative estimate of drug-likeness (QED) is 0.468. The maximum absolute atomic E-state index is 13.4. The average molecular weight is 513 g/mol. The number of halogens is 2. The van der Waals surface area contributed by atoms with Crippen LogP contribution in [0.5, 0.6) is 5.75 Å². The van der Waals surface area contributed by atoms with Gasteiger partial charge in [0.2, 0.25) is 5.91 Å². The zero-order chi connectivity index (χ0) is 24.4. The van der Waals surface area contributed by atoms with E-state index in [4.69, 9.17) is 27.9 Å². The third-order valence-corrected chi connectivity index (χ3v) is 7.61. The van der Waals surface area contributed by atoms with Gasteiger partial charge in [0.25, 0.3) is 0 Å². The molecule has 1 saturated heterocycles. The molecular formula is C27H30Cl2N4O2. The van der Waals surface area contributed by atoms with Gasteiger partial charge in [0.05, 0.1) is 34.9 Å². The summed E-state index contributed by atoms with van der Waals surface area (Å²) in [5.74, 6) is 1.06. The summed E-state index contributed by atoms with van der Waals surface area (Å²) >= 11 is 12.5. The van der Waals surface area contributed by atoms with Gasteiger partial charge >= 0.3 is 0 Å². The van der Waals surface area contributed by atoms with E-state index in [1.807, 2.05) is 48.2 Å². The molecule has 1 unspecified atom stereocenters. The molecule has 2 aliphatic heterocycles. The number of nitrogens with zero attached hydrogens (tertiary/aromatic N) is 4. The number of ether oxygens (including phenoxy) is 1. The van der Waals surface area contributed by atoms with Crippen molar-refractivity contribution in [1.82, 2.24) is 14.4 Å². The average Bonchev–Trinajstić information content (AvgIpc) is 3.35. The van der Waals surface area contributed by atoms with Crippen molar-refractivity contribution in [1.29, 1.82) is 0 Å². The number of hydrogen-bond donors (Lipinski definition) is 0. The molecule has 1 amide bonds. The Morgan fingerprint density at radius 1 is 0.943 bits per heavy atom. The number of para-hydroxylation sites is 2. The molecule has 1 fully saturated rings. The molecule has 0 N–H and O–H groups in total. The van der Waals surface area contributed by atoms with Crippen LogP contribution in [-0.2, 0) is 11.3 Å². The van der Waals surface area contributed by atoms with Crippen molar-refractivity contribution < 1.29 is 9.53 Å². The molecule has 5 rings (SSSR count). The lowest BCUT2D eigenvalue weighted by atomic mass is 10.00. The summed E-state index contributed by atoms with van der Waals surface area (Å²) in [7, 11) is 0. The van der Waals surface area contributed by atoms with Crippen molar-refractivity contribution >= 4 is 34.8 Å². The van der Waals surface area contributed by atoms with Crippen molar-refractivity contribution in [2.24, 2.45) is 0 Å². The van der Waals surface area contributed by atoms with Gasteiger partial charge in [-0.05, 0) is 48.9 Å². The fourth-order valence-electron chi connectivity index (χ4n) is 5.13. The van der Waals surface area contributed by atoms with Gasteiger partial charge in [-0.25, -0.2) is 0 Å². The normalized spacial score (nSPS) is 18.4. The Labute approximate surface area is 216 Å². The van der Waals surface area contributed by atoms with Gasteiger partial charge in [-0.15, -0.1) is 0 Å². The molecule has 184 valence electrons. The summed E-state index contributed by atoms with van der Waals surface area (Å²) in [6.45, 7) is 7.61. The maximum Gasteiger partial charge on any atom is 0.236 e. The summed E-state index contributed by atoms with van der Waals surface area (Å²) in [6, 6.07) is 18.0. The number of aromatic nitrogens is 1. The first-order valence-electron chi connectivity index (χ1n) is 12.1. The second-order valence-electron chi connectivity index (χ2n) is 8.94. The van der Waals surface area contributed by atoms with Crippen LogP contribution in [-0.4, -0.2) is 66.1 Å². The van der Waals surface area contributed by atoms with Crippen LogP contribution >= 0.6 is 23.2 Å². The van der Waals surface area contributed by atoms with E-state index in [9.17, 15) is 4.79 Å². The number of carbonyl (C=O) groups is 1. The molecule has 1 atom stereocenters. The van der Waals surface area contributed by atoms with Crippen molar-refractivity contribution in [3.63, 3.8) is 0 Å². The minimum absolute atomic E-state index is 0.0446. The smallest absolute Gasteiger partial charge is 0.236 e. The number of fused-ring (bicyclic) bond motifs is 1. The predicted octanol–water partition coefficient (Wildman–Crippen LogP) is 4.95. The standard InChI is InChI=1S/C27H30Cl2N4O2/c1-2-35-25-8-4-3-6-23(25)31-12-15-32(16-13-31)26(34)19-33-17-14-30-11-5-7-24(30)27(33)20-9-10-21(28)22(29)18-20/h3-11,18,27H,2,12-17,19H2,1H3. The minimum atomic E-state index is -0.0446. The van der Waals surface area contributed by atoms with E-state index in [0.29, 0.717) is 36.3 Å². The number of carbonyl (C=O) groups excluding carboxylic acids is 1. The van der Waals surface area contributed by atoms with Crippen LogP contribution in [0.3, 0.4) is 0 Å². The molecule has 2 aromatic carbocycles. The Kier molecular flexibility index (Phi) is 7.23. The summed E-state index contributed by atoms with van der Waals surface area (Å²) in [5.41, 5.74) is 3.31. The van der Waals surface area contributed by atoms with Gasteiger partial charge in [0, 0.05) is 51.2 Å². The van der Waals surface area contributed by atoms with Crippen molar-refractivity contribution in [3.8, 4) is 5.75 Å². The minimum Gasteiger partial charge on any atom is -0.492 e. The van der Waals surface area contributed by atoms with E-state index < -0.39 is 0 Å². The summed E-state index contributed by atoms with van der Waals surface area (Å²) < 4.78 is 8.06. The molecule has 3 aromatic rings. The van der Waals surface area contributed by atoms with Crippen molar-refractivity contribution in [3.05, 3.63) is 82.1 Å². The zero-order valence-electron chi connectivity index (χ0n) is 19.9. The highest BCUT2D eigenvalue weighted by molar-refractivity contribution is 6.42. The first-order chi connectivity index (χ1) is 17.0. The van der Waals surface area contributed by atoms with Gasteiger partial charge in [0.1, 0.15) is 5.75 Å². The molecule has 0 spiro atoms. The monoisotopic (exact) mass is 512 g/mol. The van der Waals surface area contributed by atoms with Crippen LogP contribution < -0.4 is 9.64 Å². The summed E-state index contributed by atoms with van der Waals surface area (Å²) in [4.78, 5) is 20.0. The number of benzene rings is 2. The molecule has 0 aliphatic carbocycles. The van der Waals surface area contributed by atoms with Crippen LogP contribution in [0.2, 0.25) is 10.0 Å². The first-order valence-corrected chi connectivity index (χ1v) is 12.9. The van der Waals surface area contributed by atoms with E-state index in [-0.39, 0.29) is 11.9 Å². The molecular weight excluding hydrogens is 483 g/mol. The van der Waals surface area contributed by atoms with Crippen LogP contribution in [0, 0.1) is 0 Å². The Bertz CT molecular complexity index is 1190. The Balaban J connectivity index is 1.28. The van der Waals surface area contributed by atoms with E-state index in [1.54, 1.807) is 0 Å². The highest BCUT2D eigenvalue weighted by atomic mass is 35.5.